The van der Waals surface area contributed by atoms with Crippen LogP contribution in [0.5, 0.6) is 0 Å². The summed E-state index contributed by atoms with van der Waals surface area (Å²) in [6.45, 7) is 3.13. The van der Waals surface area contributed by atoms with Gasteiger partial charge < -0.3 is 5.32 Å². The Bertz CT molecular complexity index is 359. The molecule has 3 heteroatoms. The number of halogens is 2. The number of hydrogen-bond donors (Lipinski definition) is 1. The summed E-state index contributed by atoms with van der Waals surface area (Å²) in [4.78, 5) is 0. The second kappa shape index (κ2) is 4.62. The molecule has 1 aliphatic rings. The molecule has 82 valence electrons. The number of nitrogens with one attached hydrogen (secondary N) is 1. The highest BCUT2D eigenvalue weighted by Gasteiger charge is 2.16. The van der Waals surface area contributed by atoms with Crippen molar-refractivity contribution in [1.82, 2.24) is 5.32 Å². The van der Waals surface area contributed by atoms with E-state index in [1.54, 1.807) is 6.07 Å². The number of rotatable bonds is 2. The Hall–Kier alpha value is -0.410. The van der Waals surface area contributed by atoms with Gasteiger partial charge in [0.25, 0.3) is 0 Å². The van der Waals surface area contributed by atoms with Gasteiger partial charge in [-0.1, -0.05) is 15.9 Å². The van der Waals surface area contributed by atoms with Crippen molar-refractivity contribution in [2.24, 2.45) is 0 Å². The summed E-state index contributed by atoms with van der Waals surface area (Å²) in [7, 11) is 0. The Balaban J connectivity index is 2.19. The van der Waals surface area contributed by atoms with Crippen LogP contribution in [0.15, 0.2) is 16.6 Å². The van der Waals surface area contributed by atoms with E-state index in [-0.39, 0.29) is 5.82 Å². The lowest BCUT2D eigenvalue weighted by atomic mass is 10.00. The van der Waals surface area contributed by atoms with Gasteiger partial charge >= 0.3 is 0 Å². The summed E-state index contributed by atoms with van der Waals surface area (Å²) >= 11 is 3.39. The highest BCUT2D eigenvalue weighted by atomic mass is 79.9. The first-order valence-corrected chi connectivity index (χ1v) is 6.14. The Labute approximate surface area is 98.2 Å². The van der Waals surface area contributed by atoms with E-state index in [0.717, 1.165) is 28.6 Å². The van der Waals surface area contributed by atoms with Crippen molar-refractivity contribution in [3.05, 3.63) is 33.5 Å². The molecule has 2 rings (SSSR count). The van der Waals surface area contributed by atoms with Gasteiger partial charge in [-0.2, -0.15) is 0 Å². The van der Waals surface area contributed by atoms with E-state index in [0.29, 0.717) is 6.04 Å². The maximum absolute atomic E-state index is 13.2. The van der Waals surface area contributed by atoms with Gasteiger partial charge in [0.2, 0.25) is 0 Å². The molecule has 1 N–H and O–H groups in total. The van der Waals surface area contributed by atoms with Crippen LogP contribution in [0.3, 0.4) is 0 Å². The highest BCUT2D eigenvalue weighted by molar-refractivity contribution is 9.10. The third-order valence-electron chi connectivity index (χ3n) is 3.05. The molecule has 0 amide bonds. The van der Waals surface area contributed by atoms with Crippen LogP contribution in [-0.2, 0) is 6.42 Å². The van der Waals surface area contributed by atoms with Crippen LogP contribution < -0.4 is 5.32 Å². The molecule has 1 aliphatic heterocycles. The third kappa shape index (κ3) is 2.58. The Morgan fingerprint density at radius 3 is 3.00 bits per heavy atom. The first-order chi connectivity index (χ1) is 7.16. The van der Waals surface area contributed by atoms with Crippen molar-refractivity contribution in [3.8, 4) is 0 Å². The monoisotopic (exact) mass is 271 g/mol. The largest absolute Gasteiger partial charge is 0.314 e. The first-order valence-electron chi connectivity index (χ1n) is 5.34. The molecule has 0 aliphatic carbocycles. The van der Waals surface area contributed by atoms with Gasteiger partial charge in [-0.3, -0.25) is 0 Å². The van der Waals surface area contributed by atoms with E-state index in [4.69, 9.17) is 0 Å². The Kier molecular flexibility index (Phi) is 3.42. The SMILES string of the molecule is Cc1c(Br)cc(F)cc1CC1CCCN1. The summed E-state index contributed by atoms with van der Waals surface area (Å²) in [5, 5.41) is 3.43. The average molecular weight is 272 g/mol. The molecule has 0 saturated carbocycles. The van der Waals surface area contributed by atoms with Crippen molar-refractivity contribution in [2.75, 3.05) is 6.54 Å². The standard InChI is InChI=1S/C12H15BrFN/c1-8-9(5-10(14)7-12(8)13)6-11-3-2-4-15-11/h5,7,11,15H,2-4,6H2,1H3. The quantitative estimate of drug-likeness (QED) is 0.871. The van der Waals surface area contributed by atoms with Crippen LogP contribution in [-0.4, -0.2) is 12.6 Å². The van der Waals surface area contributed by atoms with Crippen molar-refractivity contribution in [3.63, 3.8) is 0 Å². The first kappa shape index (κ1) is 11.1. The lowest BCUT2D eigenvalue weighted by Crippen LogP contribution is -2.24. The molecule has 1 atom stereocenters. The molecular formula is C12H15BrFN. The van der Waals surface area contributed by atoms with E-state index in [1.165, 1.54) is 18.9 Å². The van der Waals surface area contributed by atoms with Crippen molar-refractivity contribution in [1.29, 1.82) is 0 Å². The molecular weight excluding hydrogens is 257 g/mol. The van der Waals surface area contributed by atoms with E-state index < -0.39 is 0 Å². The molecule has 0 aromatic heterocycles. The fourth-order valence-corrected chi connectivity index (χ4v) is 2.58. The fourth-order valence-electron chi connectivity index (χ4n) is 2.11. The predicted molar refractivity (Wildman–Crippen MR) is 63.6 cm³/mol. The fraction of sp³-hybridized carbons (Fsp3) is 0.500. The molecule has 1 saturated heterocycles. The number of hydrogen-bond acceptors (Lipinski definition) is 1. The van der Waals surface area contributed by atoms with Crippen LogP contribution in [0.4, 0.5) is 4.39 Å². The molecule has 15 heavy (non-hydrogen) atoms. The zero-order chi connectivity index (χ0) is 10.8. The molecule has 1 aromatic rings. The van der Waals surface area contributed by atoms with Gasteiger partial charge in [0.05, 0.1) is 0 Å². The van der Waals surface area contributed by atoms with Crippen LogP contribution in [0.25, 0.3) is 0 Å². The molecule has 1 nitrogen and oxygen atoms in total. The van der Waals surface area contributed by atoms with Crippen LogP contribution in [0, 0.1) is 12.7 Å². The van der Waals surface area contributed by atoms with Crippen molar-refractivity contribution >= 4 is 15.9 Å². The van der Waals surface area contributed by atoms with E-state index in [9.17, 15) is 4.39 Å². The van der Waals surface area contributed by atoms with Crippen molar-refractivity contribution < 1.29 is 4.39 Å². The molecule has 0 spiro atoms. The van der Waals surface area contributed by atoms with Gasteiger partial charge in [0.1, 0.15) is 5.82 Å². The molecule has 1 heterocycles. The molecule has 1 unspecified atom stereocenters. The maximum atomic E-state index is 13.2. The molecule has 0 bridgehead atoms. The van der Waals surface area contributed by atoms with Crippen LogP contribution in [0.1, 0.15) is 24.0 Å². The lowest BCUT2D eigenvalue weighted by Gasteiger charge is -2.13. The van der Waals surface area contributed by atoms with Gasteiger partial charge in [0.15, 0.2) is 0 Å². The summed E-state index contributed by atoms with van der Waals surface area (Å²) in [5.41, 5.74) is 2.27. The van der Waals surface area contributed by atoms with Gasteiger partial charge in [-0.05, 0) is 56.0 Å². The number of benzene rings is 1. The van der Waals surface area contributed by atoms with Gasteiger partial charge in [0, 0.05) is 10.5 Å². The summed E-state index contributed by atoms with van der Waals surface area (Å²) in [6, 6.07) is 3.71. The molecule has 1 fully saturated rings. The lowest BCUT2D eigenvalue weighted by molar-refractivity contribution is 0.590. The average Bonchev–Trinajstić information content (AvgIpc) is 2.66. The zero-order valence-electron chi connectivity index (χ0n) is 8.82. The summed E-state index contributed by atoms with van der Waals surface area (Å²) in [6.07, 6.45) is 3.37. The maximum Gasteiger partial charge on any atom is 0.124 e. The normalized spacial score (nSPS) is 20.9. The molecule has 1 aromatic carbocycles. The zero-order valence-corrected chi connectivity index (χ0v) is 10.4. The third-order valence-corrected chi connectivity index (χ3v) is 3.87. The Morgan fingerprint density at radius 1 is 1.53 bits per heavy atom. The summed E-state index contributed by atoms with van der Waals surface area (Å²) in [5.74, 6) is -0.152. The van der Waals surface area contributed by atoms with E-state index in [1.807, 2.05) is 6.92 Å². The topological polar surface area (TPSA) is 12.0 Å². The van der Waals surface area contributed by atoms with E-state index in [2.05, 4.69) is 21.2 Å². The second-order valence-electron chi connectivity index (χ2n) is 4.17. The smallest absolute Gasteiger partial charge is 0.124 e. The van der Waals surface area contributed by atoms with Gasteiger partial charge in [-0.15, -0.1) is 0 Å². The van der Waals surface area contributed by atoms with Crippen LogP contribution >= 0.6 is 15.9 Å². The second-order valence-corrected chi connectivity index (χ2v) is 5.02. The van der Waals surface area contributed by atoms with E-state index >= 15 is 0 Å². The minimum absolute atomic E-state index is 0.152. The minimum Gasteiger partial charge on any atom is -0.314 e. The van der Waals surface area contributed by atoms with Gasteiger partial charge in [-0.25, -0.2) is 4.39 Å². The van der Waals surface area contributed by atoms with Crippen LogP contribution in [0.2, 0.25) is 0 Å². The highest BCUT2D eigenvalue weighted by Crippen LogP contribution is 2.24. The Morgan fingerprint density at radius 2 is 2.33 bits per heavy atom. The van der Waals surface area contributed by atoms with Crippen molar-refractivity contribution in [2.45, 2.75) is 32.2 Å². The predicted octanol–water partition coefficient (Wildman–Crippen LogP) is 3.19. The summed E-state index contributed by atoms with van der Waals surface area (Å²) < 4.78 is 14.1. The molecule has 0 radical (unpaired) electrons. The minimum atomic E-state index is -0.152.